The van der Waals surface area contributed by atoms with Crippen molar-refractivity contribution in [2.45, 2.75) is 0 Å². The standard InChI is InChI=1S/C10H11N3O3/c1-14-7-4-3-6(5-8(7)15-2)9-12-13-10(11)16-9/h3-5H,1-2H3,(H2,11,13). The molecule has 0 unspecified atom stereocenters. The first-order valence-corrected chi connectivity index (χ1v) is 4.56. The number of anilines is 1. The molecule has 0 radical (unpaired) electrons. The van der Waals surface area contributed by atoms with Gasteiger partial charge >= 0.3 is 6.01 Å². The predicted molar refractivity (Wildman–Crippen MR) is 57.3 cm³/mol. The average molecular weight is 221 g/mol. The number of methoxy groups -OCH3 is 2. The van der Waals surface area contributed by atoms with Gasteiger partial charge in [-0.05, 0) is 18.2 Å². The second-order valence-electron chi connectivity index (χ2n) is 3.02. The lowest BCUT2D eigenvalue weighted by molar-refractivity contribution is 0.355. The molecule has 6 nitrogen and oxygen atoms in total. The summed E-state index contributed by atoms with van der Waals surface area (Å²) < 4.78 is 15.4. The van der Waals surface area contributed by atoms with Crippen LogP contribution in [0.4, 0.5) is 6.01 Å². The third-order valence-corrected chi connectivity index (χ3v) is 2.07. The zero-order valence-corrected chi connectivity index (χ0v) is 8.93. The van der Waals surface area contributed by atoms with Crippen LogP contribution in [0.5, 0.6) is 11.5 Å². The maximum atomic E-state index is 5.35. The zero-order chi connectivity index (χ0) is 11.5. The van der Waals surface area contributed by atoms with Crippen molar-refractivity contribution < 1.29 is 13.9 Å². The van der Waals surface area contributed by atoms with E-state index in [0.29, 0.717) is 17.4 Å². The van der Waals surface area contributed by atoms with Crippen LogP contribution in [0.3, 0.4) is 0 Å². The van der Waals surface area contributed by atoms with E-state index < -0.39 is 0 Å². The third kappa shape index (κ3) is 1.77. The maximum Gasteiger partial charge on any atom is 0.313 e. The van der Waals surface area contributed by atoms with Gasteiger partial charge in [-0.15, -0.1) is 5.10 Å². The molecule has 2 aromatic rings. The van der Waals surface area contributed by atoms with E-state index in [1.807, 2.05) is 0 Å². The summed E-state index contributed by atoms with van der Waals surface area (Å²) in [6.45, 7) is 0. The second-order valence-corrected chi connectivity index (χ2v) is 3.02. The minimum Gasteiger partial charge on any atom is -0.493 e. The van der Waals surface area contributed by atoms with Crippen LogP contribution in [0.2, 0.25) is 0 Å². The number of hydrogen-bond acceptors (Lipinski definition) is 6. The number of nitrogens with two attached hydrogens (primary N) is 1. The number of aromatic nitrogens is 2. The lowest BCUT2D eigenvalue weighted by Crippen LogP contribution is -1.90. The van der Waals surface area contributed by atoms with Crippen molar-refractivity contribution >= 4 is 6.01 Å². The Hall–Kier alpha value is -2.24. The summed E-state index contributed by atoms with van der Waals surface area (Å²) in [7, 11) is 3.13. The van der Waals surface area contributed by atoms with Crippen molar-refractivity contribution in [1.29, 1.82) is 0 Å². The first kappa shape index (κ1) is 10.3. The van der Waals surface area contributed by atoms with Gasteiger partial charge in [0.1, 0.15) is 0 Å². The van der Waals surface area contributed by atoms with Gasteiger partial charge < -0.3 is 19.6 Å². The summed E-state index contributed by atoms with van der Waals surface area (Å²) in [4.78, 5) is 0. The van der Waals surface area contributed by atoms with Crippen molar-refractivity contribution in [3.8, 4) is 23.0 Å². The summed E-state index contributed by atoms with van der Waals surface area (Å²) in [5, 5.41) is 7.36. The molecule has 84 valence electrons. The monoisotopic (exact) mass is 221 g/mol. The first-order chi connectivity index (χ1) is 7.74. The van der Waals surface area contributed by atoms with Crippen LogP contribution in [0.1, 0.15) is 0 Å². The fraction of sp³-hybridized carbons (Fsp3) is 0.200. The van der Waals surface area contributed by atoms with Crippen LogP contribution in [0.25, 0.3) is 11.5 Å². The van der Waals surface area contributed by atoms with E-state index in [4.69, 9.17) is 19.6 Å². The maximum absolute atomic E-state index is 5.35. The van der Waals surface area contributed by atoms with Crippen LogP contribution in [0, 0.1) is 0 Å². The largest absolute Gasteiger partial charge is 0.493 e. The molecule has 0 saturated heterocycles. The van der Waals surface area contributed by atoms with Crippen LogP contribution < -0.4 is 15.2 Å². The molecule has 2 N–H and O–H groups in total. The molecule has 16 heavy (non-hydrogen) atoms. The molecule has 0 amide bonds. The Morgan fingerprint density at radius 1 is 1.12 bits per heavy atom. The van der Waals surface area contributed by atoms with E-state index in [2.05, 4.69) is 10.2 Å². The number of rotatable bonds is 3. The molecule has 6 heteroatoms. The zero-order valence-electron chi connectivity index (χ0n) is 8.93. The van der Waals surface area contributed by atoms with Gasteiger partial charge in [0.25, 0.3) is 0 Å². The van der Waals surface area contributed by atoms with Gasteiger partial charge in [-0.1, -0.05) is 5.10 Å². The van der Waals surface area contributed by atoms with E-state index in [0.717, 1.165) is 5.56 Å². The van der Waals surface area contributed by atoms with Crippen LogP contribution in [-0.2, 0) is 0 Å². The number of benzene rings is 1. The smallest absolute Gasteiger partial charge is 0.313 e. The highest BCUT2D eigenvalue weighted by atomic mass is 16.5. The number of nitrogen functional groups attached to an aromatic ring is 1. The van der Waals surface area contributed by atoms with Gasteiger partial charge in [-0.25, -0.2) is 0 Å². The number of ether oxygens (including phenoxy) is 2. The van der Waals surface area contributed by atoms with E-state index >= 15 is 0 Å². The Bertz CT molecular complexity index is 496. The molecule has 0 atom stereocenters. The van der Waals surface area contributed by atoms with E-state index in [1.165, 1.54) is 0 Å². The molecule has 0 fully saturated rings. The van der Waals surface area contributed by atoms with Crippen molar-refractivity contribution in [2.24, 2.45) is 0 Å². The van der Waals surface area contributed by atoms with Gasteiger partial charge in [-0.3, -0.25) is 0 Å². The average Bonchev–Trinajstić information content (AvgIpc) is 2.75. The highest BCUT2D eigenvalue weighted by Crippen LogP contribution is 2.31. The van der Waals surface area contributed by atoms with Gasteiger partial charge in [0.05, 0.1) is 14.2 Å². The molecule has 0 spiro atoms. The van der Waals surface area contributed by atoms with Crippen molar-refractivity contribution in [1.82, 2.24) is 10.2 Å². The van der Waals surface area contributed by atoms with Crippen molar-refractivity contribution in [2.75, 3.05) is 20.0 Å². The quantitative estimate of drug-likeness (QED) is 0.841. The molecule has 0 aliphatic carbocycles. The van der Waals surface area contributed by atoms with Crippen LogP contribution in [0.15, 0.2) is 22.6 Å². The van der Waals surface area contributed by atoms with Gasteiger partial charge in [0.2, 0.25) is 5.89 Å². The number of hydrogen-bond donors (Lipinski definition) is 1. The van der Waals surface area contributed by atoms with Crippen LogP contribution >= 0.6 is 0 Å². The summed E-state index contributed by atoms with van der Waals surface area (Å²) >= 11 is 0. The van der Waals surface area contributed by atoms with E-state index in [9.17, 15) is 0 Å². The van der Waals surface area contributed by atoms with Gasteiger partial charge in [-0.2, -0.15) is 0 Å². The summed E-state index contributed by atoms with van der Waals surface area (Å²) in [5.41, 5.74) is 6.07. The molecular weight excluding hydrogens is 210 g/mol. The Balaban J connectivity index is 2.43. The topological polar surface area (TPSA) is 83.4 Å². The minimum absolute atomic E-state index is 0.0322. The Morgan fingerprint density at radius 3 is 2.44 bits per heavy atom. The fourth-order valence-electron chi connectivity index (χ4n) is 1.32. The fourth-order valence-corrected chi connectivity index (χ4v) is 1.32. The lowest BCUT2D eigenvalue weighted by atomic mass is 10.2. The van der Waals surface area contributed by atoms with Gasteiger partial charge in [0, 0.05) is 5.56 Å². The highest BCUT2D eigenvalue weighted by molar-refractivity contribution is 5.59. The molecular formula is C10H11N3O3. The molecule has 1 aromatic heterocycles. The first-order valence-electron chi connectivity index (χ1n) is 4.56. The summed E-state index contributed by atoms with van der Waals surface area (Å²) in [5.74, 6) is 1.58. The van der Waals surface area contributed by atoms with E-state index in [1.54, 1.807) is 32.4 Å². The molecule has 0 aliphatic rings. The third-order valence-electron chi connectivity index (χ3n) is 2.07. The van der Waals surface area contributed by atoms with Crippen molar-refractivity contribution in [3.05, 3.63) is 18.2 Å². The van der Waals surface area contributed by atoms with Crippen LogP contribution in [-0.4, -0.2) is 24.4 Å². The lowest BCUT2D eigenvalue weighted by Gasteiger charge is -2.07. The molecule has 0 saturated carbocycles. The van der Waals surface area contributed by atoms with Gasteiger partial charge in [0.15, 0.2) is 11.5 Å². The molecule has 0 bridgehead atoms. The molecule has 2 rings (SSSR count). The molecule has 1 heterocycles. The molecule has 1 aromatic carbocycles. The Kier molecular flexibility index (Phi) is 2.63. The second kappa shape index (κ2) is 4.09. The minimum atomic E-state index is 0.0322. The Labute approximate surface area is 92.0 Å². The highest BCUT2D eigenvalue weighted by Gasteiger charge is 2.10. The Morgan fingerprint density at radius 2 is 1.88 bits per heavy atom. The normalized spacial score (nSPS) is 10.1. The summed E-state index contributed by atoms with van der Waals surface area (Å²) in [6, 6.07) is 5.32. The summed E-state index contributed by atoms with van der Waals surface area (Å²) in [6.07, 6.45) is 0. The molecule has 0 aliphatic heterocycles. The predicted octanol–water partition coefficient (Wildman–Crippen LogP) is 1.34. The number of nitrogens with zero attached hydrogens (tertiary/aromatic N) is 2. The van der Waals surface area contributed by atoms with E-state index in [-0.39, 0.29) is 6.01 Å². The van der Waals surface area contributed by atoms with Crippen molar-refractivity contribution in [3.63, 3.8) is 0 Å². The SMILES string of the molecule is COc1ccc(-c2nnc(N)o2)cc1OC.